The van der Waals surface area contributed by atoms with Gasteiger partial charge >= 0.3 is 36.4 Å². The second-order valence-electron chi connectivity index (χ2n) is 20.8. The molecular weight excluding hydrogens is 1140 g/mol. The molecule has 450 valence electrons. The zero-order valence-electron chi connectivity index (χ0n) is 45.2. The number of carbonyl (C=O) groups excluding carboxylic acids is 6. The maximum absolute atomic E-state index is 13.2. The number of unbranched alkanes of at least 4 members (excludes halogenated alkanes) is 3. The summed E-state index contributed by atoms with van der Waals surface area (Å²) < 4.78 is 134. The van der Waals surface area contributed by atoms with Crippen LogP contribution in [0.1, 0.15) is 173 Å². The molecule has 0 aromatic heterocycles. The molecule has 0 bridgehead atoms. The molecule has 0 aromatic rings. The molecule has 0 radical (unpaired) electrons. The Bertz CT molecular complexity index is 2170. The lowest BCUT2D eigenvalue weighted by Gasteiger charge is -2.18. The average Bonchev–Trinajstić information content (AvgIpc) is 3.94. The Morgan fingerprint density at radius 1 is 0.383 bits per heavy atom. The van der Waals surface area contributed by atoms with E-state index in [2.05, 4.69) is 0 Å². The molecule has 21 heteroatoms. The number of alkyl halides is 9. The number of cyclic esters (lactones) is 3. The molecule has 0 unspecified atom stereocenters. The van der Waals surface area contributed by atoms with Crippen LogP contribution >= 0.6 is 34.8 Å². The first-order chi connectivity index (χ1) is 38.3. The van der Waals surface area contributed by atoms with Gasteiger partial charge in [0.05, 0.1) is 15.1 Å². The van der Waals surface area contributed by atoms with Crippen LogP contribution in [0.4, 0.5) is 39.5 Å². The van der Waals surface area contributed by atoms with Gasteiger partial charge in [-0.1, -0.05) is 108 Å². The molecule has 1 aliphatic heterocycles. The Labute approximate surface area is 483 Å². The number of Topliss-reactive ketones (excluding diaryl/α,β-unsaturated/α-hetero) is 3. The number of ketones is 3. The third-order valence-electron chi connectivity index (χ3n) is 14.0. The van der Waals surface area contributed by atoms with Crippen LogP contribution in [0.5, 0.6) is 0 Å². The lowest BCUT2D eigenvalue weighted by atomic mass is 9.95. The summed E-state index contributed by atoms with van der Waals surface area (Å²) in [5.41, 5.74) is 0.991. The number of rotatable bonds is 12. The number of hydrogen-bond donors (Lipinski definition) is 0. The summed E-state index contributed by atoms with van der Waals surface area (Å²) in [4.78, 5) is 78.8. The Morgan fingerprint density at radius 2 is 0.642 bits per heavy atom. The summed E-state index contributed by atoms with van der Waals surface area (Å²) in [6, 6.07) is 0. The molecule has 4 aliphatic rings. The van der Waals surface area contributed by atoms with Gasteiger partial charge in [0.2, 0.25) is 0 Å². The highest BCUT2D eigenvalue weighted by atomic mass is 35.5. The van der Waals surface area contributed by atoms with Crippen molar-refractivity contribution in [1.82, 2.24) is 0 Å². The predicted molar refractivity (Wildman–Crippen MR) is 291 cm³/mol. The summed E-state index contributed by atoms with van der Waals surface area (Å²) in [6.07, 6.45) is 4.93. The fraction of sp³-hybridized carbons (Fsp3) is 0.600. The Kier molecular flexibility index (Phi) is 29.6. The van der Waals surface area contributed by atoms with Gasteiger partial charge in [0.25, 0.3) is 0 Å². The van der Waals surface area contributed by atoms with E-state index in [1.807, 2.05) is 36.5 Å². The van der Waals surface area contributed by atoms with Crippen LogP contribution in [0.15, 0.2) is 105 Å². The van der Waals surface area contributed by atoms with E-state index in [0.29, 0.717) is 74.5 Å². The van der Waals surface area contributed by atoms with Gasteiger partial charge in [0, 0.05) is 92.3 Å². The number of halogens is 12. The van der Waals surface area contributed by atoms with E-state index in [0.717, 1.165) is 0 Å². The minimum absolute atomic E-state index is 0.0178. The van der Waals surface area contributed by atoms with E-state index in [9.17, 15) is 68.3 Å². The minimum atomic E-state index is -4.37. The minimum Gasteiger partial charge on any atom is -0.462 e. The van der Waals surface area contributed by atoms with E-state index in [1.54, 1.807) is 36.5 Å². The normalized spacial score (nSPS) is 24.9. The molecule has 1 heterocycles. The number of fused-ring (bicyclic) bond motifs is 3. The SMILES string of the molecule is O=C1CCCC=CC[C@H]2C=C(Cl)C(=O)C2=CC[C@H](CCCCC(F)(F)F)OC(=O)CCCC=CC[C@H]2C=C(Cl)C(=O)C2=CC[C@H](CCCCC(F)(F)F)OC(=O)CCCC=CC[C@H]2C=C(Cl)C(=O)C2=CC[C@H](CCCCC(F)(F)F)O1. The maximum atomic E-state index is 13.2. The summed E-state index contributed by atoms with van der Waals surface area (Å²) in [6.45, 7) is 0. The molecule has 0 saturated carbocycles. The van der Waals surface area contributed by atoms with Crippen molar-refractivity contribution >= 4 is 70.1 Å². The second-order valence-corrected chi connectivity index (χ2v) is 22.0. The summed E-state index contributed by atoms with van der Waals surface area (Å²) in [5, 5.41) is -0.0533. The Hall–Kier alpha value is -4.68. The summed E-state index contributed by atoms with van der Waals surface area (Å²) in [7, 11) is 0. The van der Waals surface area contributed by atoms with Crippen molar-refractivity contribution in [2.75, 3.05) is 0 Å². The Morgan fingerprint density at radius 3 is 0.889 bits per heavy atom. The largest absolute Gasteiger partial charge is 0.462 e. The first-order valence-corrected chi connectivity index (χ1v) is 29.0. The van der Waals surface area contributed by atoms with Crippen LogP contribution in [0.2, 0.25) is 0 Å². The van der Waals surface area contributed by atoms with Crippen molar-refractivity contribution in [1.29, 1.82) is 0 Å². The highest BCUT2D eigenvalue weighted by Gasteiger charge is 2.33. The third-order valence-corrected chi connectivity index (χ3v) is 14.9. The monoisotopic (exact) mass is 1210 g/mol. The standard InChI is InChI=1S/C60H72Cl3F9O9/c61-49-37-40-19-7-1-4-10-25-52(73)79-43(22-13-16-34-58(64,65)66)29-32-47-41(38-50(62)56(47)77)20-8-3-6-12-27-54(75)81-45(24-15-18-36-60(70,71)72)30-33-48-42(39-51(63)57(48)78)21-9-2-5-11-26-53(74)80-44(28-31-46(40)55(49)76)23-14-17-35-59(67,68)69/h1-3,7-9,31-33,37-45H,4-6,10-30,34-36H2/t40-,41-,42-,43-,44-,45-/m0/s1. The third kappa shape index (κ3) is 27.5. The van der Waals surface area contributed by atoms with E-state index >= 15 is 0 Å². The highest BCUT2D eigenvalue weighted by Crippen LogP contribution is 2.36. The number of carbonyl (C=O) groups is 6. The first-order valence-electron chi connectivity index (χ1n) is 27.9. The lowest BCUT2D eigenvalue weighted by Crippen LogP contribution is -2.19. The van der Waals surface area contributed by atoms with Crippen molar-refractivity contribution in [3.8, 4) is 0 Å². The molecule has 0 saturated heterocycles. The topological polar surface area (TPSA) is 130 Å². The number of esters is 3. The van der Waals surface area contributed by atoms with Crippen LogP contribution in [0.3, 0.4) is 0 Å². The first kappa shape index (κ1) is 68.8. The van der Waals surface area contributed by atoms with Crippen molar-refractivity contribution in [2.24, 2.45) is 17.8 Å². The van der Waals surface area contributed by atoms with Gasteiger partial charge in [0.15, 0.2) is 17.3 Å². The molecule has 0 N–H and O–H groups in total. The average molecular weight is 1210 g/mol. The maximum Gasteiger partial charge on any atom is 0.389 e. The Balaban J connectivity index is 1.54. The molecule has 81 heavy (non-hydrogen) atoms. The molecular formula is C60H72Cl3F9O9. The number of ether oxygens (including phenoxy) is 3. The van der Waals surface area contributed by atoms with Crippen LogP contribution < -0.4 is 0 Å². The van der Waals surface area contributed by atoms with E-state index in [4.69, 9.17) is 49.0 Å². The molecule has 9 nitrogen and oxygen atoms in total. The van der Waals surface area contributed by atoms with Gasteiger partial charge < -0.3 is 14.2 Å². The van der Waals surface area contributed by atoms with Crippen molar-refractivity contribution in [3.63, 3.8) is 0 Å². The molecule has 0 aromatic carbocycles. The molecule has 0 amide bonds. The quantitative estimate of drug-likeness (QED) is 0.0616. The van der Waals surface area contributed by atoms with Gasteiger partial charge in [0.1, 0.15) is 18.3 Å². The van der Waals surface area contributed by atoms with Gasteiger partial charge in [-0.3, -0.25) is 28.8 Å². The second kappa shape index (κ2) is 34.8. The molecule has 4 rings (SSSR count). The van der Waals surface area contributed by atoms with Crippen molar-refractivity contribution < 1.29 is 82.5 Å². The number of allylic oxidation sites excluding steroid dienone is 15. The van der Waals surface area contributed by atoms with Crippen molar-refractivity contribution in [2.45, 2.75) is 210 Å². The fourth-order valence-corrected chi connectivity index (χ4v) is 10.5. The van der Waals surface area contributed by atoms with E-state index in [1.165, 1.54) is 0 Å². The summed E-state index contributed by atoms with van der Waals surface area (Å²) >= 11 is 18.8. The lowest BCUT2D eigenvalue weighted by molar-refractivity contribution is -0.150. The zero-order chi connectivity index (χ0) is 59.6. The zero-order valence-corrected chi connectivity index (χ0v) is 47.5. The fourth-order valence-electron chi connectivity index (χ4n) is 9.71. The van der Waals surface area contributed by atoms with Gasteiger partial charge in [-0.25, -0.2) is 0 Å². The van der Waals surface area contributed by atoms with Gasteiger partial charge in [-0.2, -0.15) is 39.5 Å². The van der Waals surface area contributed by atoms with Crippen LogP contribution in [-0.4, -0.2) is 72.1 Å². The smallest absolute Gasteiger partial charge is 0.389 e. The molecule has 3 aliphatic carbocycles. The molecule has 0 fully saturated rings. The predicted octanol–water partition coefficient (Wildman–Crippen LogP) is 17.4. The molecule has 0 spiro atoms. The van der Waals surface area contributed by atoms with Gasteiger partial charge in [-0.15, -0.1) is 0 Å². The number of hydrogen-bond acceptors (Lipinski definition) is 9. The van der Waals surface area contributed by atoms with Crippen LogP contribution in [0.25, 0.3) is 0 Å². The van der Waals surface area contributed by atoms with Crippen molar-refractivity contribution in [3.05, 3.63) is 105 Å². The van der Waals surface area contributed by atoms with Crippen LogP contribution in [-0.2, 0) is 43.0 Å². The van der Waals surface area contributed by atoms with E-state index < -0.39 is 109 Å². The van der Waals surface area contributed by atoms with E-state index in [-0.39, 0.29) is 111 Å². The van der Waals surface area contributed by atoms with Crippen LogP contribution in [0, 0.1) is 17.8 Å². The molecule has 6 atom stereocenters. The highest BCUT2D eigenvalue weighted by molar-refractivity contribution is 6.47. The summed E-state index contributed by atoms with van der Waals surface area (Å²) in [5.74, 6) is -4.48. The van der Waals surface area contributed by atoms with Gasteiger partial charge in [-0.05, 0) is 116 Å².